The maximum atomic E-state index is 13.2. The van der Waals surface area contributed by atoms with Gasteiger partial charge in [0.15, 0.2) is 0 Å². The van der Waals surface area contributed by atoms with Crippen molar-refractivity contribution < 1.29 is 9.50 Å². The van der Waals surface area contributed by atoms with Gasteiger partial charge in [0.1, 0.15) is 5.82 Å². The Labute approximate surface area is 81.1 Å². The van der Waals surface area contributed by atoms with Crippen LogP contribution in [0.1, 0.15) is 24.0 Å². The second kappa shape index (κ2) is 2.69. The largest absolute Gasteiger partial charge is 0.385 e. The van der Waals surface area contributed by atoms with Crippen LogP contribution in [0.2, 0.25) is 5.02 Å². The van der Waals surface area contributed by atoms with Crippen molar-refractivity contribution in [3.8, 4) is 0 Å². The summed E-state index contributed by atoms with van der Waals surface area (Å²) in [4.78, 5) is 0. The van der Waals surface area contributed by atoms with E-state index in [-0.39, 0.29) is 5.82 Å². The Morgan fingerprint density at radius 3 is 2.54 bits per heavy atom. The summed E-state index contributed by atoms with van der Waals surface area (Å²) in [6, 6.07) is 3.02. The molecule has 1 aromatic carbocycles. The fourth-order valence-electron chi connectivity index (χ4n) is 1.32. The maximum Gasteiger partial charge on any atom is 0.127 e. The average Bonchev–Trinajstić information content (AvgIpc) is 2.80. The summed E-state index contributed by atoms with van der Waals surface area (Å²) < 4.78 is 13.2. The van der Waals surface area contributed by atoms with Gasteiger partial charge in [-0.1, -0.05) is 11.6 Å². The number of hydrogen-bond acceptors (Lipinski definition) is 1. The van der Waals surface area contributed by atoms with Crippen molar-refractivity contribution in [3.63, 3.8) is 0 Å². The van der Waals surface area contributed by atoms with Crippen molar-refractivity contribution in [1.29, 1.82) is 0 Å². The number of benzene rings is 1. The molecule has 1 aliphatic rings. The third-order valence-electron chi connectivity index (χ3n) is 2.54. The van der Waals surface area contributed by atoms with Crippen LogP contribution in [0.25, 0.3) is 0 Å². The Balaban J connectivity index is 2.50. The van der Waals surface area contributed by atoms with Gasteiger partial charge in [-0.15, -0.1) is 0 Å². The lowest BCUT2D eigenvalue weighted by molar-refractivity contribution is 0.151. The Hall–Kier alpha value is -0.600. The molecule has 0 saturated heterocycles. The fourth-order valence-corrected chi connectivity index (χ4v) is 1.53. The molecule has 1 fully saturated rings. The van der Waals surface area contributed by atoms with E-state index in [4.69, 9.17) is 11.6 Å². The highest BCUT2D eigenvalue weighted by atomic mass is 35.5. The molecule has 2 rings (SSSR count). The molecule has 0 atom stereocenters. The van der Waals surface area contributed by atoms with Gasteiger partial charge in [0.25, 0.3) is 0 Å². The minimum absolute atomic E-state index is 0.345. The summed E-state index contributed by atoms with van der Waals surface area (Å²) in [6.07, 6.45) is 1.40. The van der Waals surface area contributed by atoms with E-state index < -0.39 is 5.60 Å². The zero-order valence-electron chi connectivity index (χ0n) is 7.27. The molecule has 0 radical (unpaired) electrons. The predicted molar refractivity (Wildman–Crippen MR) is 49.3 cm³/mol. The first-order valence-corrected chi connectivity index (χ1v) is 4.59. The molecule has 0 heterocycles. The van der Waals surface area contributed by atoms with Gasteiger partial charge in [-0.2, -0.15) is 0 Å². The van der Waals surface area contributed by atoms with E-state index in [9.17, 15) is 9.50 Å². The van der Waals surface area contributed by atoms with Crippen LogP contribution >= 0.6 is 11.6 Å². The summed E-state index contributed by atoms with van der Waals surface area (Å²) in [7, 11) is 0. The number of hydrogen-bond donors (Lipinski definition) is 1. The van der Waals surface area contributed by atoms with Gasteiger partial charge < -0.3 is 5.11 Å². The Kier molecular flexibility index (Phi) is 1.86. The molecule has 0 aliphatic heterocycles. The maximum absolute atomic E-state index is 13.2. The molecule has 0 bridgehead atoms. The Morgan fingerprint density at radius 1 is 1.46 bits per heavy atom. The van der Waals surface area contributed by atoms with Crippen LogP contribution in [-0.2, 0) is 5.60 Å². The minimum atomic E-state index is -0.807. The summed E-state index contributed by atoms with van der Waals surface area (Å²) in [5.74, 6) is -0.345. The van der Waals surface area contributed by atoms with Crippen LogP contribution in [0, 0.1) is 12.7 Å². The third-order valence-corrected chi connectivity index (χ3v) is 2.93. The highest BCUT2D eigenvalue weighted by molar-refractivity contribution is 6.31. The molecule has 1 N–H and O–H groups in total. The Bertz CT molecular complexity index is 335. The van der Waals surface area contributed by atoms with E-state index in [1.165, 1.54) is 6.07 Å². The second-order valence-electron chi connectivity index (χ2n) is 3.60. The van der Waals surface area contributed by atoms with E-state index in [1.54, 1.807) is 13.0 Å². The monoisotopic (exact) mass is 200 g/mol. The predicted octanol–water partition coefficient (Wildman–Crippen LogP) is 2.77. The van der Waals surface area contributed by atoms with E-state index in [0.29, 0.717) is 29.0 Å². The quantitative estimate of drug-likeness (QED) is 0.739. The topological polar surface area (TPSA) is 20.2 Å². The smallest absolute Gasteiger partial charge is 0.127 e. The molecular formula is C10H10ClFO. The molecule has 0 amide bonds. The van der Waals surface area contributed by atoms with Gasteiger partial charge in [-0.3, -0.25) is 0 Å². The van der Waals surface area contributed by atoms with Gasteiger partial charge in [-0.25, -0.2) is 4.39 Å². The summed E-state index contributed by atoms with van der Waals surface area (Å²) in [5, 5.41) is 10.1. The lowest BCUT2D eigenvalue weighted by Crippen LogP contribution is -2.05. The first-order chi connectivity index (χ1) is 6.03. The van der Waals surface area contributed by atoms with Gasteiger partial charge >= 0.3 is 0 Å². The molecule has 1 aliphatic carbocycles. The van der Waals surface area contributed by atoms with E-state index in [0.717, 1.165) is 0 Å². The molecule has 1 nitrogen and oxygen atoms in total. The molecule has 0 spiro atoms. The molecule has 13 heavy (non-hydrogen) atoms. The van der Waals surface area contributed by atoms with E-state index >= 15 is 0 Å². The molecule has 1 saturated carbocycles. The molecule has 70 valence electrons. The number of halogens is 2. The summed E-state index contributed by atoms with van der Waals surface area (Å²) in [6.45, 7) is 1.62. The number of aliphatic hydroxyl groups is 1. The molecule has 3 heteroatoms. The van der Waals surface area contributed by atoms with Crippen LogP contribution in [-0.4, -0.2) is 5.11 Å². The van der Waals surface area contributed by atoms with Crippen molar-refractivity contribution in [2.45, 2.75) is 25.4 Å². The van der Waals surface area contributed by atoms with Crippen LogP contribution in [0.3, 0.4) is 0 Å². The molecule has 0 unspecified atom stereocenters. The third kappa shape index (κ3) is 1.45. The SMILES string of the molecule is Cc1c(F)cc(C2(O)CC2)cc1Cl. The first kappa shape index (κ1) is 8.97. The Morgan fingerprint density at radius 2 is 2.08 bits per heavy atom. The van der Waals surface area contributed by atoms with Gasteiger partial charge in [-0.05, 0) is 37.5 Å². The highest BCUT2D eigenvalue weighted by Gasteiger charge is 2.42. The van der Waals surface area contributed by atoms with E-state index in [1.807, 2.05) is 0 Å². The average molecular weight is 201 g/mol. The van der Waals surface area contributed by atoms with Gasteiger partial charge in [0.05, 0.1) is 5.60 Å². The molecular weight excluding hydrogens is 191 g/mol. The first-order valence-electron chi connectivity index (χ1n) is 4.21. The van der Waals surface area contributed by atoms with Crippen molar-refractivity contribution >= 4 is 11.6 Å². The minimum Gasteiger partial charge on any atom is -0.385 e. The van der Waals surface area contributed by atoms with Crippen LogP contribution < -0.4 is 0 Å². The van der Waals surface area contributed by atoms with E-state index in [2.05, 4.69) is 0 Å². The summed E-state index contributed by atoms with van der Waals surface area (Å²) >= 11 is 5.80. The van der Waals surface area contributed by atoms with Gasteiger partial charge in [0.2, 0.25) is 0 Å². The summed E-state index contributed by atoms with van der Waals surface area (Å²) in [5.41, 5.74) is 0.230. The van der Waals surface area contributed by atoms with Crippen LogP contribution in [0.15, 0.2) is 12.1 Å². The van der Waals surface area contributed by atoms with Crippen LogP contribution in [0.4, 0.5) is 4.39 Å². The normalized spacial score (nSPS) is 18.8. The molecule has 1 aromatic rings. The fraction of sp³-hybridized carbons (Fsp3) is 0.400. The van der Waals surface area contributed by atoms with Gasteiger partial charge in [0, 0.05) is 10.6 Å². The number of rotatable bonds is 1. The zero-order chi connectivity index (χ0) is 9.64. The van der Waals surface area contributed by atoms with Crippen molar-refractivity contribution in [2.24, 2.45) is 0 Å². The lowest BCUT2D eigenvalue weighted by Gasteiger charge is -2.10. The second-order valence-corrected chi connectivity index (χ2v) is 4.00. The van der Waals surface area contributed by atoms with Crippen molar-refractivity contribution in [3.05, 3.63) is 34.1 Å². The van der Waals surface area contributed by atoms with Crippen LogP contribution in [0.5, 0.6) is 0 Å². The lowest BCUT2D eigenvalue weighted by atomic mass is 10.1. The van der Waals surface area contributed by atoms with Crippen molar-refractivity contribution in [1.82, 2.24) is 0 Å². The zero-order valence-corrected chi connectivity index (χ0v) is 8.03. The van der Waals surface area contributed by atoms with Crippen molar-refractivity contribution in [2.75, 3.05) is 0 Å². The standard InChI is InChI=1S/C10H10ClFO/c1-6-8(11)4-7(5-9(6)12)10(13)2-3-10/h4-5,13H,2-3H2,1H3. The molecule has 0 aromatic heterocycles. The highest BCUT2D eigenvalue weighted by Crippen LogP contribution is 2.46.